The highest BCUT2D eigenvalue weighted by molar-refractivity contribution is 5.89. The van der Waals surface area contributed by atoms with Gasteiger partial charge in [0.05, 0.1) is 11.4 Å². The molecular formula is C11H17N5O3. The lowest BCUT2D eigenvalue weighted by Crippen LogP contribution is -2.43. The van der Waals surface area contributed by atoms with Gasteiger partial charge in [-0.05, 0) is 27.7 Å². The van der Waals surface area contributed by atoms with Crippen LogP contribution >= 0.6 is 0 Å². The SMILES string of the molecule is Cc1nnc(NC(=O)N(CC(=O)O)C(C)C)nc1C. The van der Waals surface area contributed by atoms with E-state index in [0.29, 0.717) is 11.4 Å². The van der Waals surface area contributed by atoms with Crippen molar-refractivity contribution in [2.75, 3.05) is 11.9 Å². The van der Waals surface area contributed by atoms with Crippen LogP contribution in [0.15, 0.2) is 0 Å². The first-order chi connectivity index (χ1) is 8.81. The molecular weight excluding hydrogens is 250 g/mol. The van der Waals surface area contributed by atoms with E-state index in [-0.39, 0.29) is 18.5 Å². The maximum Gasteiger partial charge on any atom is 0.325 e. The van der Waals surface area contributed by atoms with Gasteiger partial charge in [-0.2, -0.15) is 5.10 Å². The van der Waals surface area contributed by atoms with E-state index in [2.05, 4.69) is 20.5 Å². The number of carbonyl (C=O) groups excluding carboxylic acids is 1. The van der Waals surface area contributed by atoms with E-state index in [1.54, 1.807) is 27.7 Å². The van der Waals surface area contributed by atoms with Gasteiger partial charge in [-0.3, -0.25) is 10.1 Å². The van der Waals surface area contributed by atoms with E-state index in [9.17, 15) is 9.59 Å². The summed E-state index contributed by atoms with van der Waals surface area (Å²) in [4.78, 5) is 27.9. The van der Waals surface area contributed by atoms with Gasteiger partial charge >= 0.3 is 12.0 Å². The number of hydrogen-bond acceptors (Lipinski definition) is 5. The second kappa shape index (κ2) is 6.07. The number of aryl methyl sites for hydroxylation is 2. The number of urea groups is 1. The van der Waals surface area contributed by atoms with Crippen molar-refractivity contribution in [3.8, 4) is 0 Å². The van der Waals surface area contributed by atoms with Crippen molar-refractivity contribution < 1.29 is 14.7 Å². The molecule has 1 heterocycles. The van der Waals surface area contributed by atoms with Crippen LogP contribution in [0.2, 0.25) is 0 Å². The summed E-state index contributed by atoms with van der Waals surface area (Å²) in [7, 11) is 0. The van der Waals surface area contributed by atoms with E-state index < -0.39 is 12.0 Å². The van der Waals surface area contributed by atoms with Gasteiger partial charge < -0.3 is 10.0 Å². The molecule has 0 atom stereocenters. The van der Waals surface area contributed by atoms with Crippen molar-refractivity contribution in [1.29, 1.82) is 0 Å². The molecule has 1 rings (SSSR count). The molecule has 8 nitrogen and oxygen atoms in total. The highest BCUT2D eigenvalue weighted by atomic mass is 16.4. The lowest BCUT2D eigenvalue weighted by atomic mass is 10.3. The summed E-state index contributed by atoms with van der Waals surface area (Å²) in [6.45, 7) is 6.56. The van der Waals surface area contributed by atoms with Crippen molar-refractivity contribution in [2.24, 2.45) is 0 Å². The standard InChI is InChI=1S/C11H17N5O3/c1-6(2)16(5-9(17)18)11(19)13-10-12-7(3)8(4)14-15-10/h6H,5H2,1-4H3,(H,17,18)(H,12,13,15,19). The Bertz CT molecular complexity index is 489. The molecule has 8 heteroatoms. The normalized spacial score (nSPS) is 10.4. The molecule has 104 valence electrons. The summed E-state index contributed by atoms with van der Waals surface area (Å²) in [5, 5.41) is 18.8. The fourth-order valence-corrected chi connectivity index (χ4v) is 1.31. The smallest absolute Gasteiger partial charge is 0.325 e. The molecule has 0 saturated heterocycles. The second-order valence-corrected chi connectivity index (χ2v) is 4.35. The zero-order chi connectivity index (χ0) is 14.6. The average Bonchev–Trinajstić information content (AvgIpc) is 2.30. The maximum atomic E-state index is 11.9. The van der Waals surface area contributed by atoms with Crippen LogP contribution in [-0.2, 0) is 4.79 Å². The number of nitrogens with one attached hydrogen (secondary N) is 1. The molecule has 19 heavy (non-hydrogen) atoms. The Morgan fingerprint density at radius 2 is 1.89 bits per heavy atom. The molecule has 0 aliphatic carbocycles. The summed E-state index contributed by atoms with van der Waals surface area (Å²) >= 11 is 0. The van der Waals surface area contributed by atoms with E-state index in [4.69, 9.17) is 5.11 Å². The molecule has 2 amide bonds. The van der Waals surface area contributed by atoms with Crippen LogP contribution in [0, 0.1) is 13.8 Å². The summed E-state index contributed by atoms with van der Waals surface area (Å²) < 4.78 is 0. The minimum absolute atomic E-state index is 0.0594. The van der Waals surface area contributed by atoms with Crippen molar-refractivity contribution >= 4 is 17.9 Å². The van der Waals surface area contributed by atoms with Gasteiger partial charge in [0.25, 0.3) is 5.95 Å². The lowest BCUT2D eigenvalue weighted by molar-refractivity contribution is -0.137. The lowest BCUT2D eigenvalue weighted by Gasteiger charge is -2.24. The highest BCUT2D eigenvalue weighted by Gasteiger charge is 2.20. The van der Waals surface area contributed by atoms with E-state index >= 15 is 0 Å². The predicted molar refractivity (Wildman–Crippen MR) is 67.8 cm³/mol. The molecule has 2 N–H and O–H groups in total. The van der Waals surface area contributed by atoms with Gasteiger partial charge in [-0.1, -0.05) is 0 Å². The third kappa shape index (κ3) is 4.16. The van der Waals surface area contributed by atoms with Crippen LogP contribution in [0.3, 0.4) is 0 Å². The average molecular weight is 267 g/mol. The molecule has 0 bridgehead atoms. The van der Waals surface area contributed by atoms with E-state index in [1.807, 2.05) is 0 Å². The summed E-state index contributed by atoms with van der Waals surface area (Å²) in [6.07, 6.45) is 0. The number of carboxylic acid groups (broad SMARTS) is 1. The first kappa shape index (κ1) is 14.8. The van der Waals surface area contributed by atoms with E-state index in [0.717, 1.165) is 0 Å². The van der Waals surface area contributed by atoms with Gasteiger partial charge in [0.15, 0.2) is 0 Å². The second-order valence-electron chi connectivity index (χ2n) is 4.35. The minimum atomic E-state index is -1.08. The Balaban J connectivity index is 2.81. The van der Waals surface area contributed by atoms with Crippen molar-refractivity contribution in [3.05, 3.63) is 11.4 Å². The molecule has 0 aliphatic heterocycles. The molecule has 1 aromatic rings. The Morgan fingerprint density at radius 1 is 1.26 bits per heavy atom. The Kier molecular flexibility index (Phi) is 4.74. The molecule has 0 unspecified atom stereocenters. The summed E-state index contributed by atoms with van der Waals surface area (Å²) in [5.74, 6) is -1.02. The Hall–Kier alpha value is -2.25. The first-order valence-corrected chi connectivity index (χ1v) is 5.78. The van der Waals surface area contributed by atoms with Crippen LogP contribution < -0.4 is 5.32 Å². The molecule has 0 radical (unpaired) electrons. The topological polar surface area (TPSA) is 108 Å². The zero-order valence-corrected chi connectivity index (χ0v) is 11.3. The number of aliphatic carboxylic acids is 1. The van der Waals surface area contributed by atoms with Gasteiger partial charge in [0.1, 0.15) is 6.54 Å². The van der Waals surface area contributed by atoms with Crippen molar-refractivity contribution in [1.82, 2.24) is 20.1 Å². The maximum absolute atomic E-state index is 11.9. The quantitative estimate of drug-likeness (QED) is 0.835. The predicted octanol–water partition coefficient (Wildman–Crippen LogP) is 0.815. The number of aromatic nitrogens is 3. The first-order valence-electron chi connectivity index (χ1n) is 5.78. The third-order valence-electron chi connectivity index (χ3n) is 2.50. The Labute approximate surface area is 110 Å². The fourth-order valence-electron chi connectivity index (χ4n) is 1.31. The van der Waals surface area contributed by atoms with Gasteiger partial charge in [0.2, 0.25) is 0 Å². The van der Waals surface area contributed by atoms with Crippen LogP contribution in [0.4, 0.5) is 10.7 Å². The van der Waals surface area contributed by atoms with Crippen LogP contribution in [-0.4, -0.2) is 49.8 Å². The monoisotopic (exact) mass is 267 g/mol. The van der Waals surface area contributed by atoms with Crippen LogP contribution in [0.25, 0.3) is 0 Å². The van der Waals surface area contributed by atoms with Crippen LogP contribution in [0.5, 0.6) is 0 Å². The molecule has 0 saturated carbocycles. The van der Waals surface area contributed by atoms with E-state index in [1.165, 1.54) is 4.90 Å². The molecule has 0 fully saturated rings. The molecule has 0 aliphatic rings. The highest BCUT2D eigenvalue weighted by Crippen LogP contribution is 2.05. The van der Waals surface area contributed by atoms with Gasteiger partial charge in [0, 0.05) is 6.04 Å². The zero-order valence-electron chi connectivity index (χ0n) is 11.3. The number of carbonyl (C=O) groups is 2. The third-order valence-corrected chi connectivity index (χ3v) is 2.50. The van der Waals surface area contributed by atoms with Gasteiger partial charge in [-0.25, -0.2) is 9.78 Å². The minimum Gasteiger partial charge on any atom is -0.480 e. The van der Waals surface area contributed by atoms with Gasteiger partial charge in [-0.15, -0.1) is 5.10 Å². The van der Waals surface area contributed by atoms with Crippen LogP contribution in [0.1, 0.15) is 25.2 Å². The number of anilines is 1. The number of rotatable bonds is 4. The largest absolute Gasteiger partial charge is 0.480 e. The number of hydrogen-bond donors (Lipinski definition) is 2. The fraction of sp³-hybridized carbons (Fsp3) is 0.545. The number of carboxylic acids is 1. The number of nitrogens with zero attached hydrogens (tertiary/aromatic N) is 4. The summed E-state index contributed by atoms with van der Waals surface area (Å²) in [5.41, 5.74) is 1.32. The molecule has 1 aromatic heterocycles. The number of amides is 2. The molecule has 0 spiro atoms. The van der Waals surface area contributed by atoms with Crippen molar-refractivity contribution in [3.63, 3.8) is 0 Å². The Morgan fingerprint density at radius 3 is 2.37 bits per heavy atom. The molecule has 0 aromatic carbocycles. The van der Waals surface area contributed by atoms with Crippen molar-refractivity contribution in [2.45, 2.75) is 33.7 Å². The summed E-state index contributed by atoms with van der Waals surface area (Å²) in [6, 6.07) is -0.821.